The van der Waals surface area contributed by atoms with Crippen LogP contribution in [0, 0.1) is 0 Å². The fourth-order valence-electron chi connectivity index (χ4n) is 1.22. The summed E-state index contributed by atoms with van der Waals surface area (Å²) in [4.78, 5) is 21.9. The molecule has 0 aromatic heterocycles. The predicted molar refractivity (Wildman–Crippen MR) is 38.6 cm³/mol. The summed E-state index contributed by atoms with van der Waals surface area (Å²) in [5, 5.41) is 8.39. The number of alkyl halides is 2. The van der Waals surface area contributed by atoms with Gasteiger partial charge in [0, 0.05) is 6.92 Å². The number of likely N-dealkylation sites (tertiary alicyclic amines) is 1. The van der Waals surface area contributed by atoms with Gasteiger partial charge in [-0.25, -0.2) is 13.6 Å². The first-order valence-electron chi connectivity index (χ1n) is 3.70. The monoisotopic (exact) mass is 193 g/mol. The Morgan fingerprint density at radius 1 is 1.62 bits per heavy atom. The maximum atomic E-state index is 13.3. The number of hydrogen-bond acceptors (Lipinski definition) is 2. The van der Waals surface area contributed by atoms with Crippen LogP contribution in [0.15, 0.2) is 0 Å². The quantitative estimate of drug-likeness (QED) is 0.636. The van der Waals surface area contributed by atoms with Crippen LogP contribution < -0.4 is 0 Å². The lowest BCUT2D eigenvalue weighted by Crippen LogP contribution is -2.43. The Bertz CT molecular complexity index is 258. The number of hydrogen-bond donors (Lipinski definition) is 1. The van der Waals surface area contributed by atoms with Gasteiger partial charge in [0.1, 0.15) is 0 Å². The van der Waals surface area contributed by atoms with Crippen molar-refractivity contribution in [2.75, 3.05) is 13.1 Å². The molecule has 6 heteroatoms. The second kappa shape index (κ2) is 2.93. The molecule has 1 heterocycles. The van der Waals surface area contributed by atoms with Gasteiger partial charge >= 0.3 is 5.97 Å². The van der Waals surface area contributed by atoms with Gasteiger partial charge in [-0.05, 0) is 0 Å². The molecule has 0 aromatic carbocycles. The third kappa shape index (κ3) is 1.48. The van der Waals surface area contributed by atoms with Gasteiger partial charge in [-0.3, -0.25) is 4.79 Å². The highest BCUT2D eigenvalue weighted by Crippen LogP contribution is 2.28. The fraction of sp³-hybridized carbons (Fsp3) is 0.714. The Hall–Kier alpha value is -1.20. The molecule has 0 aromatic rings. The highest BCUT2D eigenvalue weighted by molar-refractivity contribution is 5.82. The highest BCUT2D eigenvalue weighted by Gasteiger charge is 2.55. The summed E-state index contributed by atoms with van der Waals surface area (Å²) in [5.41, 5.74) is -2.94. The van der Waals surface area contributed by atoms with Gasteiger partial charge in [-0.1, -0.05) is 0 Å². The van der Waals surface area contributed by atoms with Crippen molar-refractivity contribution in [2.24, 2.45) is 0 Å². The lowest BCUT2D eigenvalue weighted by atomic mass is 10.1. The molecule has 1 fully saturated rings. The van der Waals surface area contributed by atoms with E-state index in [0.29, 0.717) is 0 Å². The first-order chi connectivity index (χ1) is 5.88. The number of aliphatic carboxylic acids is 1. The van der Waals surface area contributed by atoms with Crippen molar-refractivity contribution < 1.29 is 23.5 Å². The standard InChI is InChI=1S/C7H9F2NO3/c1-4(11)10-2-5(8)7(9,3-10)6(12)13/h5H,2-3H2,1H3,(H,12,13). The van der Waals surface area contributed by atoms with E-state index in [1.165, 1.54) is 0 Å². The number of carbonyl (C=O) groups excluding carboxylic acids is 1. The molecular weight excluding hydrogens is 184 g/mol. The average Bonchev–Trinajstić information content (AvgIpc) is 2.30. The summed E-state index contributed by atoms with van der Waals surface area (Å²) in [7, 11) is 0. The van der Waals surface area contributed by atoms with Gasteiger partial charge in [0.2, 0.25) is 5.91 Å². The minimum absolute atomic E-state index is 0.488. The molecule has 1 aliphatic heterocycles. The molecule has 0 radical (unpaired) electrons. The lowest BCUT2D eigenvalue weighted by Gasteiger charge is -2.15. The van der Waals surface area contributed by atoms with E-state index in [9.17, 15) is 18.4 Å². The molecule has 13 heavy (non-hydrogen) atoms. The molecule has 2 atom stereocenters. The summed E-state index contributed by atoms with van der Waals surface area (Å²) in [5.74, 6) is -2.38. The van der Waals surface area contributed by atoms with Crippen LogP contribution in [-0.2, 0) is 9.59 Å². The Morgan fingerprint density at radius 3 is 2.38 bits per heavy atom. The van der Waals surface area contributed by atoms with Crippen LogP contribution in [0.4, 0.5) is 8.78 Å². The van der Waals surface area contributed by atoms with Crippen LogP contribution in [-0.4, -0.2) is 46.8 Å². The zero-order valence-electron chi connectivity index (χ0n) is 6.96. The number of carbonyl (C=O) groups is 2. The molecule has 0 bridgehead atoms. The van der Waals surface area contributed by atoms with E-state index >= 15 is 0 Å². The smallest absolute Gasteiger partial charge is 0.346 e. The minimum atomic E-state index is -2.94. The summed E-state index contributed by atoms with van der Waals surface area (Å²) in [6.45, 7) is -0.0583. The number of nitrogens with zero attached hydrogens (tertiary/aromatic N) is 1. The average molecular weight is 193 g/mol. The largest absolute Gasteiger partial charge is 0.479 e. The Balaban J connectivity index is 2.82. The van der Waals surface area contributed by atoms with E-state index in [1.54, 1.807) is 0 Å². The summed E-state index contributed by atoms with van der Waals surface area (Å²) < 4.78 is 26.2. The minimum Gasteiger partial charge on any atom is -0.479 e. The molecule has 2 unspecified atom stereocenters. The number of rotatable bonds is 1. The van der Waals surface area contributed by atoms with Gasteiger partial charge in [-0.15, -0.1) is 0 Å². The number of carboxylic acids is 1. The van der Waals surface area contributed by atoms with Crippen molar-refractivity contribution in [3.8, 4) is 0 Å². The van der Waals surface area contributed by atoms with E-state index in [1.807, 2.05) is 0 Å². The molecule has 74 valence electrons. The predicted octanol–water partition coefficient (Wildman–Crippen LogP) is -0.0205. The van der Waals surface area contributed by atoms with Crippen LogP contribution in [0.5, 0.6) is 0 Å². The van der Waals surface area contributed by atoms with Gasteiger partial charge in [0.05, 0.1) is 13.1 Å². The van der Waals surface area contributed by atoms with Crippen LogP contribution in [0.3, 0.4) is 0 Å². The van der Waals surface area contributed by atoms with E-state index in [-0.39, 0.29) is 0 Å². The van der Waals surface area contributed by atoms with E-state index in [4.69, 9.17) is 5.11 Å². The molecule has 1 saturated heterocycles. The Kier molecular flexibility index (Phi) is 2.23. The molecule has 4 nitrogen and oxygen atoms in total. The fourth-order valence-corrected chi connectivity index (χ4v) is 1.22. The summed E-state index contributed by atoms with van der Waals surface area (Å²) in [6.07, 6.45) is -2.14. The van der Waals surface area contributed by atoms with Crippen molar-refractivity contribution in [2.45, 2.75) is 18.8 Å². The van der Waals surface area contributed by atoms with Crippen molar-refractivity contribution in [1.29, 1.82) is 0 Å². The third-order valence-corrected chi connectivity index (χ3v) is 2.10. The van der Waals surface area contributed by atoms with E-state index < -0.39 is 36.8 Å². The zero-order chi connectivity index (χ0) is 10.2. The van der Waals surface area contributed by atoms with Crippen molar-refractivity contribution in [1.82, 2.24) is 4.90 Å². The molecule has 1 rings (SSSR count). The highest BCUT2D eigenvalue weighted by atomic mass is 19.2. The maximum absolute atomic E-state index is 13.3. The zero-order valence-corrected chi connectivity index (χ0v) is 6.96. The molecular formula is C7H9F2NO3. The van der Waals surface area contributed by atoms with Crippen LogP contribution in [0.25, 0.3) is 0 Å². The third-order valence-electron chi connectivity index (χ3n) is 2.10. The van der Waals surface area contributed by atoms with Gasteiger partial charge in [0.15, 0.2) is 6.17 Å². The van der Waals surface area contributed by atoms with Gasteiger partial charge in [-0.2, -0.15) is 0 Å². The number of halogens is 2. The molecule has 0 aliphatic carbocycles. The second-order valence-electron chi connectivity index (χ2n) is 3.03. The van der Waals surface area contributed by atoms with Gasteiger partial charge in [0.25, 0.3) is 5.67 Å². The van der Waals surface area contributed by atoms with Crippen LogP contribution >= 0.6 is 0 Å². The summed E-state index contributed by atoms with van der Waals surface area (Å²) >= 11 is 0. The van der Waals surface area contributed by atoms with Crippen LogP contribution in [0.2, 0.25) is 0 Å². The second-order valence-corrected chi connectivity index (χ2v) is 3.03. The Morgan fingerprint density at radius 2 is 2.15 bits per heavy atom. The molecule has 1 N–H and O–H groups in total. The SMILES string of the molecule is CC(=O)N1CC(F)C(F)(C(=O)O)C1. The van der Waals surface area contributed by atoms with Crippen LogP contribution in [0.1, 0.15) is 6.92 Å². The van der Waals surface area contributed by atoms with E-state index in [2.05, 4.69) is 0 Å². The van der Waals surface area contributed by atoms with Crippen molar-refractivity contribution >= 4 is 11.9 Å². The molecule has 0 spiro atoms. The molecule has 1 amide bonds. The number of amides is 1. The number of carboxylic acid groups (broad SMARTS) is 1. The Labute approximate surface area is 73.1 Å². The topological polar surface area (TPSA) is 57.6 Å². The van der Waals surface area contributed by atoms with Crippen molar-refractivity contribution in [3.05, 3.63) is 0 Å². The molecule has 0 saturated carbocycles. The molecule has 1 aliphatic rings. The lowest BCUT2D eigenvalue weighted by molar-refractivity contribution is -0.153. The first kappa shape index (κ1) is 9.88. The van der Waals surface area contributed by atoms with Gasteiger partial charge < -0.3 is 10.0 Å². The van der Waals surface area contributed by atoms with E-state index in [0.717, 1.165) is 11.8 Å². The maximum Gasteiger partial charge on any atom is 0.346 e. The normalized spacial score (nSPS) is 33.5. The first-order valence-corrected chi connectivity index (χ1v) is 3.70. The summed E-state index contributed by atoms with van der Waals surface area (Å²) in [6, 6.07) is 0. The van der Waals surface area contributed by atoms with Crippen molar-refractivity contribution in [3.63, 3.8) is 0 Å².